The molecular weight excluding hydrogens is 1070 g/mol. The van der Waals surface area contributed by atoms with E-state index in [9.17, 15) is 19.0 Å². The summed E-state index contributed by atoms with van der Waals surface area (Å²) in [7, 11) is 1.43. The van der Waals surface area contributed by atoms with Crippen LogP contribution in [-0.2, 0) is 27.9 Å². The number of unbranched alkanes of at least 4 members (excludes halogenated alkanes) is 19. The molecule has 0 saturated heterocycles. The minimum atomic E-state index is -4.48. The van der Waals surface area contributed by atoms with Crippen molar-refractivity contribution < 1.29 is 37.3 Å². The van der Waals surface area contributed by atoms with Gasteiger partial charge in [0.1, 0.15) is 19.3 Å². The van der Waals surface area contributed by atoms with Crippen molar-refractivity contribution in [3.63, 3.8) is 0 Å². The van der Waals surface area contributed by atoms with Crippen LogP contribution in [0.3, 0.4) is 0 Å². The molecule has 0 heterocycles. The van der Waals surface area contributed by atoms with Crippen molar-refractivity contribution in [1.29, 1.82) is 0 Å². The van der Waals surface area contributed by atoms with Crippen LogP contribution in [0, 0.1) is 0 Å². The number of carbonyl (C=O) groups excluding carboxylic acids is 2. The van der Waals surface area contributed by atoms with E-state index in [1.54, 1.807) is 0 Å². The molecule has 0 spiro atoms. The zero-order chi connectivity index (χ0) is 62.1. The van der Waals surface area contributed by atoms with Crippen LogP contribution in [0.25, 0.3) is 0 Å². The molecule has 85 heavy (non-hydrogen) atoms. The van der Waals surface area contributed by atoms with E-state index < -0.39 is 20.0 Å². The van der Waals surface area contributed by atoms with Crippen molar-refractivity contribution >= 4 is 19.7 Å². The van der Waals surface area contributed by atoms with Gasteiger partial charge in [0.25, 0.3) is 0 Å². The van der Waals surface area contributed by atoms with Crippen molar-refractivity contribution in [3.8, 4) is 0 Å². The Bertz CT molecular complexity index is 2010. The van der Waals surface area contributed by atoms with E-state index in [4.69, 9.17) is 13.8 Å². The molecule has 0 aliphatic carbocycles. The van der Waals surface area contributed by atoms with Crippen molar-refractivity contribution in [1.82, 2.24) is 5.32 Å². The first-order chi connectivity index (χ1) is 41.4. The molecule has 3 unspecified atom stereocenters. The zero-order valence-electron chi connectivity index (χ0n) is 55.0. The molecule has 9 nitrogen and oxygen atoms in total. The summed E-state index contributed by atoms with van der Waals surface area (Å²) in [5.74, 6) is -0.584. The fourth-order valence-electron chi connectivity index (χ4n) is 8.83. The number of hydrogen-bond donors (Lipinski definition) is 2. The fourth-order valence-corrected chi connectivity index (χ4v) is 9.56. The molecule has 10 heteroatoms. The number of phosphoric acid groups is 1. The van der Waals surface area contributed by atoms with Crippen LogP contribution in [0.15, 0.2) is 158 Å². The fraction of sp³-hybridized carbons (Fsp3) is 0.627. The second kappa shape index (κ2) is 62.7. The van der Waals surface area contributed by atoms with E-state index in [0.717, 1.165) is 148 Å². The predicted molar refractivity (Wildman–Crippen MR) is 368 cm³/mol. The molecular formula is C75H126N2O7P+. The summed E-state index contributed by atoms with van der Waals surface area (Å²) >= 11 is 0. The minimum Gasteiger partial charge on any atom is -0.456 e. The van der Waals surface area contributed by atoms with Gasteiger partial charge in [-0.15, -0.1) is 0 Å². The molecule has 0 aromatic rings. The van der Waals surface area contributed by atoms with E-state index in [0.29, 0.717) is 23.9 Å². The summed E-state index contributed by atoms with van der Waals surface area (Å²) in [5.41, 5.74) is 0. The molecule has 482 valence electrons. The van der Waals surface area contributed by atoms with Crippen LogP contribution in [0.5, 0.6) is 0 Å². The van der Waals surface area contributed by atoms with Crippen molar-refractivity contribution in [2.75, 3.05) is 40.9 Å². The Morgan fingerprint density at radius 3 is 1.14 bits per heavy atom. The average molecular weight is 1200 g/mol. The number of hydrogen-bond acceptors (Lipinski definition) is 6. The summed E-state index contributed by atoms with van der Waals surface area (Å²) < 4.78 is 30.7. The maximum absolute atomic E-state index is 13.6. The SMILES string of the molecule is CC/C=C\C/C=C\C/C=C\C/C=C\C/C=C\C/C=C\CCCCCCCCC(=O)OC(/C=C/CCCCCCCCCCCCC)C(COP(=O)(O)OCC[N+](C)(C)C)NC(=O)CCCC/C=C\C/C=C\C/C=C\C/C=C\C/C=C\C/C=C\CC. The van der Waals surface area contributed by atoms with Gasteiger partial charge in [0.05, 0.1) is 33.8 Å². The van der Waals surface area contributed by atoms with Crippen LogP contribution in [0.2, 0.25) is 0 Å². The second-order valence-electron chi connectivity index (χ2n) is 23.2. The molecule has 0 radical (unpaired) electrons. The molecule has 0 aliphatic heterocycles. The van der Waals surface area contributed by atoms with E-state index >= 15 is 0 Å². The van der Waals surface area contributed by atoms with Crippen molar-refractivity contribution in [2.24, 2.45) is 0 Å². The van der Waals surface area contributed by atoms with Crippen molar-refractivity contribution in [2.45, 2.75) is 264 Å². The normalized spacial score (nSPS) is 14.6. The average Bonchev–Trinajstić information content (AvgIpc) is 3.48. The summed E-state index contributed by atoms with van der Waals surface area (Å²) in [5, 5.41) is 3.03. The smallest absolute Gasteiger partial charge is 0.456 e. The monoisotopic (exact) mass is 1200 g/mol. The number of esters is 1. The Labute approximate surface area is 522 Å². The first-order valence-corrected chi connectivity index (χ1v) is 35.3. The van der Waals surface area contributed by atoms with Gasteiger partial charge in [-0.05, 0) is 134 Å². The first kappa shape index (κ1) is 80.6. The van der Waals surface area contributed by atoms with Crippen LogP contribution >= 0.6 is 7.82 Å². The number of quaternary nitrogens is 1. The number of allylic oxidation sites excluding steroid dienone is 25. The van der Waals surface area contributed by atoms with Crippen molar-refractivity contribution in [3.05, 3.63) is 158 Å². The van der Waals surface area contributed by atoms with Gasteiger partial charge in [-0.3, -0.25) is 18.6 Å². The van der Waals surface area contributed by atoms with Gasteiger partial charge in [-0.2, -0.15) is 0 Å². The lowest BCUT2D eigenvalue weighted by molar-refractivity contribution is -0.870. The molecule has 0 aliphatic rings. The van der Waals surface area contributed by atoms with Crippen LogP contribution < -0.4 is 5.32 Å². The summed E-state index contributed by atoms with van der Waals surface area (Å²) in [4.78, 5) is 37.9. The number of ether oxygens (including phenoxy) is 1. The largest absolute Gasteiger partial charge is 0.472 e. The van der Waals surface area contributed by atoms with Gasteiger partial charge in [0.15, 0.2) is 0 Å². The molecule has 0 rings (SSSR count). The Morgan fingerprint density at radius 2 is 0.753 bits per heavy atom. The molecule has 0 aromatic carbocycles. The maximum atomic E-state index is 13.6. The maximum Gasteiger partial charge on any atom is 0.472 e. The quantitative estimate of drug-likeness (QED) is 0.0205. The van der Waals surface area contributed by atoms with Gasteiger partial charge in [0.2, 0.25) is 5.91 Å². The summed E-state index contributed by atoms with van der Waals surface area (Å²) in [6.07, 6.45) is 92.5. The number of carbonyl (C=O) groups is 2. The number of rotatable bonds is 59. The number of amides is 1. The van der Waals surface area contributed by atoms with E-state index in [-0.39, 0.29) is 37.9 Å². The second-order valence-corrected chi connectivity index (χ2v) is 24.7. The van der Waals surface area contributed by atoms with Crippen LogP contribution in [0.4, 0.5) is 0 Å². The van der Waals surface area contributed by atoms with Gasteiger partial charge >= 0.3 is 13.8 Å². The number of nitrogens with one attached hydrogen (secondary N) is 1. The van der Waals surface area contributed by atoms with E-state index in [1.807, 2.05) is 33.3 Å². The highest BCUT2D eigenvalue weighted by Crippen LogP contribution is 2.43. The molecule has 0 aromatic heterocycles. The topological polar surface area (TPSA) is 111 Å². The van der Waals surface area contributed by atoms with E-state index in [1.165, 1.54) is 57.8 Å². The first-order valence-electron chi connectivity index (χ1n) is 33.8. The Morgan fingerprint density at radius 1 is 0.424 bits per heavy atom. The van der Waals surface area contributed by atoms with E-state index in [2.05, 4.69) is 172 Å². The molecule has 2 N–H and O–H groups in total. The van der Waals surface area contributed by atoms with Gasteiger partial charge in [-0.1, -0.05) is 263 Å². The highest BCUT2D eigenvalue weighted by molar-refractivity contribution is 7.47. The molecule has 0 bridgehead atoms. The van der Waals surface area contributed by atoms with Gasteiger partial charge in [0, 0.05) is 12.8 Å². The molecule has 1 amide bonds. The summed E-state index contributed by atoms with van der Waals surface area (Å²) in [6, 6.07) is -0.892. The van der Waals surface area contributed by atoms with Crippen LogP contribution in [-0.4, -0.2) is 74.3 Å². The lowest BCUT2D eigenvalue weighted by Gasteiger charge is -2.27. The number of nitrogens with zero attached hydrogens (tertiary/aromatic N) is 1. The summed E-state index contributed by atoms with van der Waals surface area (Å²) in [6.45, 7) is 6.73. The number of phosphoric ester groups is 1. The molecule has 0 fully saturated rings. The van der Waals surface area contributed by atoms with Crippen LogP contribution in [0.1, 0.15) is 252 Å². The Balaban J connectivity index is 5.31. The molecule has 3 atom stereocenters. The van der Waals surface area contributed by atoms with Gasteiger partial charge in [-0.25, -0.2) is 4.57 Å². The third-order valence-electron chi connectivity index (χ3n) is 14.0. The third kappa shape index (κ3) is 63.9. The predicted octanol–water partition coefficient (Wildman–Crippen LogP) is 21.6. The highest BCUT2D eigenvalue weighted by Gasteiger charge is 2.30. The standard InChI is InChI=1S/C75H125N2O7P/c1-7-10-13-16-19-22-25-28-30-32-34-36-37-38-39-41-43-45-47-50-53-56-59-62-65-68-75(79)84-73(66-63-60-57-54-51-48-27-24-21-18-15-12-9-3)72(71-83-85(80,81)82-70-69-77(4,5)6)76-74(78)67-64-61-58-55-52-49-46-44-42-40-35-33-31-29-26-23-20-17-14-11-8-2/h10-11,13-14,19-20,22-23,28-31,34-36,38-40,43-46,52,55,63,66,72-73H,7-9,12,15-18,21,24-27,32-33,37,41-42,47-51,53-54,56-62,64-65,67-71H2,1-6H3,(H-,76,78,80,81)/p+1/b13-10-,14-11-,22-19-,23-20-,30-28-,31-29-,36-34-,39-38-,40-35-,45-43-,46-44-,55-52-,66-63+. The van der Waals surface area contributed by atoms with Gasteiger partial charge < -0.3 is 19.4 Å². The zero-order valence-corrected chi connectivity index (χ0v) is 55.9. The lowest BCUT2D eigenvalue weighted by Crippen LogP contribution is -2.47. The molecule has 0 saturated carbocycles. The third-order valence-corrected chi connectivity index (χ3v) is 14.9. The Hall–Kier alpha value is -4.37. The lowest BCUT2D eigenvalue weighted by atomic mass is 10.0. The minimum absolute atomic E-state index is 0.0197. The Kier molecular flexibility index (Phi) is 59.5. The highest BCUT2D eigenvalue weighted by atomic mass is 31.2. The number of likely N-dealkylation sites (N-methyl/N-ethyl adjacent to an activating group) is 1.